The number of hydrogen-bond acceptors (Lipinski definition) is 3. The van der Waals surface area contributed by atoms with E-state index in [0.717, 1.165) is 31.0 Å². The van der Waals surface area contributed by atoms with Crippen LogP contribution in [0.1, 0.15) is 46.0 Å². The van der Waals surface area contributed by atoms with Crippen molar-refractivity contribution in [3.63, 3.8) is 0 Å². The highest BCUT2D eigenvalue weighted by Gasteiger charge is 2.03. The maximum Gasteiger partial charge on any atom is 0.119 e. The van der Waals surface area contributed by atoms with Gasteiger partial charge in [0, 0.05) is 12.2 Å². The van der Waals surface area contributed by atoms with Gasteiger partial charge in [-0.15, -0.1) is 0 Å². The van der Waals surface area contributed by atoms with Crippen LogP contribution in [0.2, 0.25) is 0 Å². The highest BCUT2D eigenvalue weighted by atomic mass is 16.5. The Kier molecular flexibility index (Phi) is 8.88. The summed E-state index contributed by atoms with van der Waals surface area (Å²) in [6.07, 6.45) is 6.21. The van der Waals surface area contributed by atoms with E-state index < -0.39 is 0 Å². The van der Waals surface area contributed by atoms with Gasteiger partial charge in [0.15, 0.2) is 0 Å². The van der Waals surface area contributed by atoms with E-state index in [1.807, 2.05) is 24.3 Å². The van der Waals surface area contributed by atoms with Gasteiger partial charge in [0.2, 0.25) is 0 Å². The predicted molar refractivity (Wildman–Crippen MR) is 87.2 cm³/mol. The first kappa shape index (κ1) is 16.8. The fraction of sp³-hybridized carbons (Fsp3) is 0.647. The van der Waals surface area contributed by atoms with Crippen molar-refractivity contribution in [1.29, 1.82) is 0 Å². The van der Waals surface area contributed by atoms with Gasteiger partial charge >= 0.3 is 0 Å². The quantitative estimate of drug-likeness (QED) is 0.492. The van der Waals surface area contributed by atoms with Crippen molar-refractivity contribution in [1.82, 2.24) is 4.90 Å². The van der Waals surface area contributed by atoms with E-state index in [1.54, 1.807) is 0 Å². The molecule has 0 fully saturated rings. The van der Waals surface area contributed by atoms with E-state index >= 15 is 0 Å². The standard InChI is InChI=1S/C17H30N2O/c1-3-5-12-19(13-6-4-2)14-7-15-20-17-10-8-16(18)9-11-17/h8-11H,3-7,12-15,18H2,1-2H3. The van der Waals surface area contributed by atoms with Crippen LogP contribution in [0.4, 0.5) is 5.69 Å². The normalized spacial score (nSPS) is 10.9. The van der Waals surface area contributed by atoms with Crippen molar-refractivity contribution in [2.75, 3.05) is 32.0 Å². The van der Waals surface area contributed by atoms with Crippen LogP contribution in [0.25, 0.3) is 0 Å². The molecule has 0 aliphatic carbocycles. The first-order valence-electron chi connectivity index (χ1n) is 7.97. The molecule has 3 heteroatoms. The average Bonchev–Trinajstić information content (AvgIpc) is 2.47. The fourth-order valence-corrected chi connectivity index (χ4v) is 2.14. The third-order valence-electron chi connectivity index (χ3n) is 3.42. The highest BCUT2D eigenvalue weighted by molar-refractivity contribution is 5.41. The summed E-state index contributed by atoms with van der Waals surface area (Å²) < 4.78 is 5.74. The number of unbranched alkanes of at least 4 members (excludes halogenated alkanes) is 2. The third-order valence-corrected chi connectivity index (χ3v) is 3.42. The summed E-state index contributed by atoms with van der Waals surface area (Å²) in [6, 6.07) is 7.62. The molecule has 3 nitrogen and oxygen atoms in total. The lowest BCUT2D eigenvalue weighted by Crippen LogP contribution is -2.28. The lowest BCUT2D eigenvalue weighted by atomic mass is 10.2. The van der Waals surface area contributed by atoms with Gasteiger partial charge in [-0.05, 0) is 56.6 Å². The molecule has 114 valence electrons. The van der Waals surface area contributed by atoms with Crippen molar-refractivity contribution < 1.29 is 4.74 Å². The molecule has 0 aliphatic rings. The summed E-state index contributed by atoms with van der Waals surface area (Å²) in [6.45, 7) is 8.86. The largest absolute Gasteiger partial charge is 0.494 e. The van der Waals surface area contributed by atoms with E-state index in [0.29, 0.717) is 0 Å². The molecule has 0 bridgehead atoms. The lowest BCUT2D eigenvalue weighted by molar-refractivity contribution is 0.229. The zero-order valence-corrected chi connectivity index (χ0v) is 13.1. The molecule has 0 atom stereocenters. The van der Waals surface area contributed by atoms with E-state index in [1.165, 1.54) is 38.8 Å². The second-order valence-corrected chi connectivity index (χ2v) is 5.32. The van der Waals surface area contributed by atoms with Crippen molar-refractivity contribution in [3.8, 4) is 5.75 Å². The number of ether oxygens (including phenoxy) is 1. The van der Waals surface area contributed by atoms with Crippen molar-refractivity contribution in [2.45, 2.75) is 46.0 Å². The molecule has 0 unspecified atom stereocenters. The number of benzene rings is 1. The van der Waals surface area contributed by atoms with Crippen molar-refractivity contribution in [3.05, 3.63) is 24.3 Å². The molecular formula is C17H30N2O. The Bertz CT molecular complexity index is 329. The Morgan fingerprint density at radius 2 is 1.45 bits per heavy atom. The number of hydrogen-bond donors (Lipinski definition) is 1. The van der Waals surface area contributed by atoms with Crippen LogP contribution in [-0.4, -0.2) is 31.1 Å². The number of nitrogen functional groups attached to an aromatic ring is 1. The minimum atomic E-state index is 0.776. The molecule has 0 amide bonds. The Balaban J connectivity index is 2.19. The van der Waals surface area contributed by atoms with Crippen LogP contribution < -0.4 is 10.5 Å². The zero-order chi connectivity index (χ0) is 14.6. The van der Waals surface area contributed by atoms with E-state index in [4.69, 9.17) is 10.5 Å². The van der Waals surface area contributed by atoms with Crippen LogP contribution in [0.3, 0.4) is 0 Å². The van der Waals surface area contributed by atoms with E-state index in [9.17, 15) is 0 Å². The van der Waals surface area contributed by atoms with Crippen LogP contribution in [-0.2, 0) is 0 Å². The smallest absolute Gasteiger partial charge is 0.119 e. The highest BCUT2D eigenvalue weighted by Crippen LogP contribution is 2.13. The maximum atomic E-state index is 5.74. The van der Waals surface area contributed by atoms with Crippen LogP contribution in [0.15, 0.2) is 24.3 Å². The summed E-state index contributed by atoms with van der Waals surface area (Å²) >= 11 is 0. The van der Waals surface area contributed by atoms with E-state index in [2.05, 4.69) is 18.7 Å². The monoisotopic (exact) mass is 278 g/mol. The molecular weight excluding hydrogens is 248 g/mol. The van der Waals surface area contributed by atoms with Gasteiger partial charge in [-0.25, -0.2) is 0 Å². The molecule has 0 saturated heterocycles. The van der Waals surface area contributed by atoms with Crippen LogP contribution in [0.5, 0.6) is 5.75 Å². The lowest BCUT2D eigenvalue weighted by Gasteiger charge is -2.21. The number of anilines is 1. The average molecular weight is 278 g/mol. The molecule has 0 heterocycles. The Morgan fingerprint density at radius 1 is 0.900 bits per heavy atom. The van der Waals surface area contributed by atoms with Gasteiger partial charge in [-0.2, -0.15) is 0 Å². The fourth-order valence-electron chi connectivity index (χ4n) is 2.14. The second kappa shape index (κ2) is 10.6. The third kappa shape index (κ3) is 7.39. The van der Waals surface area contributed by atoms with Crippen molar-refractivity contribution >= 4 is 5.69 Å². The molecule has 0 saturated carbocycles. The molecule has 0 aliphatic heterocycles. The number of rotatable bonds is 11. The number of nitrogens with two attached hydrogens (primary N) is 1. The van der Waals surface area contributed by atoms with Gasteiger partial charge in [-0.3, -0.25) is 0 Å². The van der Waals surface area contributed by atoms with Gasteiger partial charge in [0.05, 0.1) is 6.61 Å². The van der Waals surface area contributed by atoms with Gasteiger partial charge in [0.1, 0.15) is 5.75 Å². The second-order valence-electron chi connectivity index (χ2n) is 5.32. The SMILES string of the molecule is CCCCN(CCCC)CCCOc1ccc(N)cc1. The molecule has 2 N–H and O–H groups in total. The summed E-state index contributed by atoms with van der Waals surface area (Å²) in [5.74, 6) is 0.910. The van der Waals surface area contributed by atoms with Crippen LogP contribution >= 0.6 is 0 Å². The Hall–Kier alpha value is -1.22. The van der Waals surface area contributed by atoms with Gasteiger partial charge in [-0.1, -0.05) is 26.7 Å². The molecule has 1 rings (SSSR count). The Labute approximate surface area is 124 Å². The van der Waals surface area contributed by atoms with Crippen molar-refractivity contribution in [2.24, 2.45) is 0 Å². The van der Waals surface area contributed by atoms with Gasteiger partial charge < -0.3 is 15.4 Å². The zero-order valence-electron chi connectivity index (χ0n) is 13.1. The number of nitrogens with zero attached hydrogens (tertiary/aromatic N) is 1. The van der Waals surface area contributed by atoms with Gasteiger partial charge in [0.25, 0.3) is 0 Å². The summed E-state index contributed by atoms with van der Waals surface area (Å²) in [4.78, 5) is 2.57. The molecule has 0 spiro atoms. The molecule has 20 heavy (non-hydrogen) atoms. The summed E-state index contributed by atoms with van der Waals surface area (Å²) in [5.41, 5.74) is 6.43. The minimum Gasteiger partial charge on any atom is -0.494 e. The molecule has 1 aromatic rings. The summed E-state index contributed by atoms with van der Waals surface area (Å²) in [7, 11) is 0. The first-order chi connectivity index (χ1) is 9.76. The molecule has 0 aromatic heterocycles. The maximum absolute atomic E-state index is 5.74. The Morgan fingerprint density at radius 3 is 2.00 bits per heavy atom. The summed E-state index contributed by atoms with van der Waals surface area (Å²) in [5, 5.41) is 0. The minimum absolute atomic E-state index is 0.776. The predicted octanol–water partition coefficient (Wildman–Crippen LogP) is 3.94. The first-order valence-corrected chi connectivity index (χ1v) is 7.97. The topological polar surface area (TPSA) is 38.5 Å². The van der Waals surface area contributed by atoms with Crippen LogP contribution in [0, 0.1) is 0 Å². The van der Waals surface area contributed by atoms with E-state index in [-0.39, 0.29) is 0 Å². The molecule has 0 radical (unpaired) electrons. The molecule has 1 aromatic carbocycles.